The molecule has 0 fully saturated rings. The van der Waals surface area contributed by atoms with Crippen LogP contribution in [0.4, 0.5) is 4.79 Å². The number of nitrogens with zero attached hydrogens (tertiary/aromatic N) is 2. The molecule has 1 atom stereocenters. The van der Waals surface area contributed by atoms with Gasteiger partial charge < -0.3 is 19.7 Å². The highest BCUT2D eigenvalue weighted by Gasteiger charge is 2.29. The number of carbonyl (C=O) groups excluding carboxylic acids is 1. The van der Waals surface area contributed by atoms with Crippen molar-refractivity contribution in [3.05, 3.63) is 17.8 Å². The van der Waals surface area contributed by atoms with E-state index in [-0.39, 0.29) is 6.54 Å². The van der Waals surface area contributed by atoms with Crippen LogP contribution in [0.2, 0.25) is 0 Å². The van der Waals surface area contributed by atoms with Crippen molar-refractivity contribution in [2.45, 2.75) is 46.2 Å². The van der Waals surface area contributed by atoms with Gasteiger partial charge in [0.2, 0.25) is 5.89 Å². The molecule has 0 aliphatic rings. The maximum atomic E-state index is 12.2. The molecule has 0 aromatic carbocycles. The number of oxazole rings is 1. The normalized spacial score (nSPS) is 12.8. The third-order valence-corrected chi connectivity index (χ3v) is 2.70. The Hall–Kier alpha value is -2.05. The Kier molecular flexibility index (Phi) is 4.75. The van der Waals surface area contributed by atoms with Crippen LogP contribution in [0.5, 0.6) is 0 Å². The average Bonchev–Trinajstić information content (AvgIpc) is 2.71. The molecule has 1 aromatic rings. The summed E-state index contributed by atoms with van der Waals surface area (Å²) < 4.78 is 5.33. The van der Waals surface area contributed by atoms with E-state index in [2.05, 4.69) is 10.3 Å². The van der Waals surface area contributed by atoms with E-state index in [0.717, 1.165) is 0 Å². The Morgan fingerprint density at radius 2 is 2.10 bits per heavy atom. The van der Waals surface area contributed by atoms with Crippen LogP contribution in [0.1, 0.15) is 45.4 Å². The number of aromatic nitrogens is 1. The lowest BCUT2D eigenvalue weighted by Gasteiger charge is -2.34. The van der Waals surface area contributed by atoms with E-state index in [0.29, 0.717) is 11.7 Å². The molecule has 7 heteroatoms. The van der Waals surface area contributed by atoms with Crippen LogP contribution >= 0.6 is 0 Å². The van der Waals surface area contributed by atoms with Crippen LogP contribution in [0, 0.1) is 6.92 Å². The van der Waals surface area contributed by atoms with Gasteiger partial charge in [-0.05, 0) is 34.6 Å². The first-order valence-corrected chi connectivity index (χ1v) is 6.33. The lowest BCUT2D eigenvalue weighted by Crippen LogP contribution is -2.52. The molecule has 0 aliphatic heterocycles. The summed E-state index contributed by atoms with van der Waals surface area (Å²) in [5, 5.41) is 11.6. The van der Waals surface area contributed by atoms with Crippen LogP contribution in [-0.4, -0.2) is 39.1 Å². The number of rotatable bonds is 4. The molecule has 20 heavy (non-hydrogen) atoms. The second-order valence-corrected chi connectivity index (χ2v) is 5.63. The highest BCUT2D eigenvalue weighted by atomic mass is 16.4. The number of hydrogen-bond donors (Lipinski definition) is 2. The van der Waals surface area contributed by atoms with Crippen molar-refractivity contribution < 1.29 is 19.1 Å². The van der Waals surface area contributed by atoms with Gasteiger partial charge >= 0.3 is 12.0 Å². The molecule has 2 N–H and O–H groups in total. The van der Waals surface area contributed by atoms with E-state index in [1.807, 2.05) is 0 Å². The van der Waals surface area contributed by atoms with Crippen LogP contribution in [-0.2, 0) is 4.79 Å². The average molecular weight is 283 g/mol. The van der Waals surface area contributed by atoms with Crippen LogP contribution < -0.4 is 5.32 Å². The summed E-state index contributed by atoms with van der Waals surface area (Å²) in [7, 11) is 0. The quantitative estimate of drug-likeness (QED) is 0.880. The summed E-state index contributed by atoms with van der Waals surface area (Å²) in [5.41, 5.74) is -0.602. The zero-order valence-electron chi connectivity index (χ0n) is 12.4. The molecule has 1 unspecified atom stereocenters. The third-order valence-electron chi connectivity index (χ3n) is 2.70. The third kappa shape index (κ3) is 4.25. The molecular weight excluding hydrogens is 262 g/mol. The number of carbonyl (C=O) groups is 2. The predicted molar refractivity (Wildman–Crippen MR) is 72.3 cm³/mol. The van der Waals surface area contributed by atoms with Gasteiger partial charge in [-0.15, -0.1) is 0 Å². The van der Waals surface area contributed by atoms with Crippen molar-refractivity contribution in [1.82, 2.24) is 15.2 Å². The first-order chi connectivity index (χ1) is 9.11. The molecule has 0 saturated carbocycles. The zero-order valence-corrected chi connectivity index (χ0v) is 12.4. The van der Waals surface area contributed by atoms with E-state index in [1.165, 1.54) is 4.90 Å². The first-order valence-electron chi connectivity index (χ1n) is 6.33. The van der Waals surface area contributed by atoms with E-state index >= 15 is 0 Å². The van der Waals surface area contributed by atoms with Gasteiger partial charge in [-0.1, -0.05) is 0 Å². The summed E-state index contributed by atoms with van der Waals surface area (Å²) in [6, 6.07) is -0.905. The Morgan fingerprint density at radius 3 is 2.50 bits per heavy atom. The minimum absolute atomic E-state index is 0.368. The summed E-state index contributed by atoms with van der Waals surface area (Å²) >= 11 is 0. The van der Waals surface area contributed by atoms with Gasteiger partial charge in [0, 0.05) is 5.54 Å². The molecule has 0 saturated heterocycles. The van der Waals surface area contributed by atoms with Crippen molar-refractivity contribution in [1.29, 1.82) is 0 Å². The highest BCUT2D eigenvalue weighted by molar-refractivity contribution is 5.81. The van der Waals surface area contributed by atoms with E-state index < -0.39 is 23.6 Å². The number of amides is 2. The Morgan fingerprint density at radius 1 is 1.50 bits per heavy atom. The van der Waals surface area contributed by atoms with Crippen LogP contribution in [0.15, 0.2) is 10.6 Å². The smallest absolute Gasteiger partial charge is 0.323 e. The summed E-state index contributed by atoms with van der Waals surface area (Å²) in [6.45, 7) is 8.44. The minimum Gasteiger partial charge on any atom is -0.480 e. The molecule has 7 nitrogen and oxygen atoms in total. The largest absolute Gasteiger partial charge is 0.480 e. The Bertz CT molecular complexity index is 490. The molecular formula is C13H21N3O4. The molecule has 0 spiro atoms. The maximum absolute atomic E-state index is 12.2. The van der Waals surface area contributed by atoms with Crippen LogP contribution in [0.3, 0.4) is 0 Å². The molecule has 2 amide bonds. The zero-order chi connectivity index (χ0) is 15.5. The lowest BCUT2D eigenvalue weighted by atomic mass is 10.1. The summed E-state index contributed by atoms with van der Waals surface area (Å²) in [4.78, 5) is 28.4. The molecule has 1 heterocycles. The summed E-state index contributed by atoms with van der Waals surface area (Å²) in [6.07, 6.45) is 1.57. The van der Waals surface area contributed by atoms with Gasteiger partial charge in [0.15, 0.2) is 0 Å². The fourth-order valence-corrected chi connectivity index (χ4v) is 1.65. The van der Waals surface area contributed by atoms with Gasteiger partial charge in [0.25, 0.3) is 0 Å². The second kappa shape index (κ2) is 5.94. The van der Waals surface area contributed by atoms with Gasteiger partial charge in [0.1, 0.15) is 18.3 Å². The van der Waals surface area contributed by atoms with Gasteiger partial charge in [0.05, 0.1) is 6.20 Å². The van der Waals surface area contributed by atoms with Gasteiger partial charge in [-0.2, -0.15) is 0 Å². The fourth-order valence-electron chi connectivity index (χ4n) is 1.65. The molecule has 0 aliphatic carbocycles. The van der Waals surface area contributed by atoms with Crippen molar-refractivity contribution in [2.75, 3.05) is 6.54 Å². The molecule has 1 aromatic heterocycles. The molecule has 0 bridgehead atoms. The number of urea groups is 1. The second-order valence-electron chi connectivity index (χ2n) is 5.63. The topological polar surface area (TPSA) is 95.7 Å². The Labute approximate surface area is 118 Å². The summed E-state index contributed by atoms with van der Waals surface area (Å²) in [5.74, 6) is -0.0194. The number of carboxylic acids is 1. The fraction of sp³-hybridized carbons (Fsp3) is 0.615. The number of nitrogens with one attached hydrogen (secondary N) is 1. The molecule has 0 radical (unpaired) electrons. The standard InChI is InChI=1S/C13H21N3O4/c1-8-6-14-11(20-8)9(2)15-12(19)16(7-10(17)18)13(3,4)5/h6,9H,7H2,1-5H3,(H,15,19)(H,17,18). The van der Waals surface area contributed by atoms with Gasteiger partial charge in [-0.3, -0.25) is 4.79 Å². The number of aryl methyl sites for hydroxylation is 1. The van der Waals surface area contributed by atoms with E-state index in [4.69, 9.17) is 9.52 Å². The number of hydrogen-bond acceptors (Lipinski definition) is 4. The lowest BCUT2D eigenvalue weighted by molar-refractivity contribution is -0.138. The SMILES string of the molecule is Cc1cnc(C(C)NC(=O)N(CC(=O)O)C(C)(C)C)o1. The number of carboxylic acid groups (broad SMARTS) is 1. The van der Waals surface area contributed by atoms with Crippen molar-refractivity contribution >= 4 is 12.0 Å². The highest BCUT2D eigenvalue weighted by Crippen LogP contribution is 2.16. The maximum Gasteiger partial charge on any atom is 0.323 e. The molecule has 112 valence electrons. The van der Waals surface area contributed by atoms with E-state index in [1.54, 1.807) is 40.8 Å². The molecule has 1 rings (SSSR count). The van der Waals surface area contributed by atoms with Crippen molar-refractivity contribution in [2.24, 2.45) is 0 Å². The minimum atomic E-state index is -1.06. The first kappa shape index (κ1) is 16.0. The van der Waals surface area contributed by atoms with Crippen molar-refractivity contribution in [3.8, 4) is 0 Å². The Balaban J connectivity index is 2.78. The number of aliphatic carboxylic acids is 1. The van der Waals surface area contributed by atoms with Gasteiger partial charge in [-0.25, -0.2) is 9.78 Å². The predicted octanol–water partition coefficient (Wildman–Crippen LogP) is 1.94. The van der Waals surface area contributed by atoms with Crippen molar-refractivity contribution in [3.63, 3.8) is 0 Å². The van der Waals surface area contributed by atoms with Crippen LogP contribution in [0.25, 0.3) is 0 Å². The monoisotopic (exact) mass is 283 g/mol. The van der Waals surface area contributed by atoms with E-state index in [9.17, 15) is 9.59 Å².